The van der Waals surface area contributed by atoms with E-state index in [9.17, 15) is 14.0 Å². The van der Waals surface area contributed by atoms with Crippen molar-refractivity contribution < 1.29 is 14.0 Å². The van der Waals surface area contributed by atoms with E-state index in [0.717, 1.165) is 34.3 Å². The molecule has 1 aliphatic rings. The number of pyridine rings is 1. The van der Waals surface area contributed by atoms with Crippen molar-refractivity contribution in [2.45, 2.75) is 25.9 Å². The largest absolute Gasteiger partial charge is 0.336 e. The van der Waals surface area contributed by atoms with Crippen LogP contribution in [0.5, 0.6) is 0 Å². The molecule has 0 aliphatic carbocycles. The van der Waals surface area contributed by atoms with Crippen LogP contribution >= 0.6 is 11.6 Å². The normalized spacial score (nSPS) is 13.2. The molecule has 33 heavy (non-hydrogen) atoms. The van der Waals surface area contributed by atoms with Crippen LogP contribution in [0.3, 0.4) is 0 Å². The van der Waals surface area contributed by atoms with E-state index in [4.69, 9.17) is 11.6 Å². The van der Waals surface area contributed by atoms with Crippen molar-refractivity contribution in [1.29, 1.82) is 0 Å². The number of aldehydes is 1. The molecule has 1 aliphatic heterocycles. The van der Waals surface area contributed by atoms with Crippen molar-refractivity contribution in [1.82, 2.24) is 14.5 Å². The fourth-order valence-corrected chi connectivity index (χ4v) is 4.77. The molecule has 7 heteroatoms. The molecule has 0 spiro atoms. The van der Waals surface area contributed by atoms with Gasteiger partial charge in [-0.15, -0.1) is 0 Å². The highest BCUT2D eigenvalue weighted by Crippen LogP contribution is 2.31. The molecule has 0 atom stereocenters. The maximum absolute atomic E-state index is 13.8. The molecule has 0 saturated heterocycles. The molecule has 3 heterocycles. The van der Waals surface area contributed by atoms with Crippen LogP contribution in [0.25, 0.3) is 11.0 Å². The first-order valence-electron chi connectivity index (χ1n) is 10.7. The molecule has 4 aromatic rings. The highest BCUT2D eigenvalue weighted by atomic mass is 35.5. The van der Waals surface area contributed by atoms with Crippen LogP contribution in [-0.2, 0) is 30.7 Å². The summed E-state index contributed by atoms with van der Waals surface area (Å²) in [5.41, 5.74) is 5.08. The molecule has 0 fully saturated rings. The monoisotopic (exact) mass is 461 g/mol. The minimum absolute atomic E-state index is 0.00825. The van der Waals surface area contributed by atoms with E-state index in [-0.39, 0.29) is 18.1 Å². The summed E-state index contributed by atoms with van der Waals surface area (Å²) in [6.45, 7) is 1.55. The maximum atomic E-state index is 13.8. The summed E-state index contributed by atoms with van der Waals surface area (Å²) < 4.78 is 15.9. The predicted molar refractivity (Wildman–Crippen MR) is 125 cm³/mol. The Hall–Kier alpha value is -3.51. The number of benzene rings is 2. The van der Waals surface area contributed by atoms with Crippen LogP contribution in [0.15, 0.2) is 60.8 Å². The van der Waals surface area contributed by atoms with Crippen LogP contribution in [0.2, 0.25) is 5.02 Å². The Morgan fingerprint density at radius 1 is 1.12 bits per heavy atom. The van der Waals surface area contributed by atoms with Gasteiger partial charge in [-0.2, -0.15) is 0 Å². The molecular weight excluding hydrogens is 441 g/mol. The van der Waals surface area contributed by atoms with Crippen LogP contribution in [-0.4, -0.2) is 33.2 Å². The number of hydrogen-bond donors (Lipinski definition) is 0. The summed E-state index contributed by atoms with van der Waals surface area (Å²) in [6.07, 6.45) is 3.39. The van der Waals surface area contributed by atoms with Crippen molar-refractivity contribution in [3.63, 3.8) is 0 Å². The first kappa shape index (κ1) is 21.3. The van der Waals surface area contributed by atoms with Gasteiger partial charge in [-0.25, -0.2) is 9.37 Å². The molecule has 2 aromatic heterocycles. The smallest absolute Gasteiger partial charge is 0.227 e. The molecule has 0 bridgehead atoms. The Morgan fingerprint density at radius 3 is 2.79 bits per heavy atom. The van der Waals surface area contributed by atoms with Gasteiger partial charge in [-0.1, -0.05) is 29.8 Å². The van der Waals surface area contributed by atoms with Gasteiger partial charge in [0.15, 0.2) is 6.29 Å². The van der Waals surface area contributed by atoms with Gasteiger partial charge in [-0.05, 0) is 59.5 Å². The van der Waals surface area contributed by atoms with Gasteiger partial charge in [0, 0.05) is 35.9 Å². The Labute approximate surface area is 195 Å². The summed E-state index contributed by atoms with van der Waals surface area (Å²) >= 11 is 6.13. The van der Waals surface area contributed by atoms with Gasteiger partial charge in [0.05, 0.1) is 18.0 Å². The number of fused-ring (bicyclic) bond motifs is 3. The molecular formula is C26H21ClFN3O2. The number of nitrogens with zero attached hydrogens (tertiary/aromatic N) is 3. The van der Waals surface area contributed by atoms with Crippen LogP contribution in [0.4, 0.5) is 4.39 Å². The zero-order valence-electron chi connectivity index (χ0n) is 17.8. The number of rotatable bonds is 5. The van der Waals surface area contributed by atoms with Crippen LogP contribution < -0.4 is 0 Å². The minimum Gasteiger partial charge on any atom is -0.336 e. The van der Waals surface area contributed by atoms with E-state index in [2.05, 4.69) is 15.6 Å². The van der Waals surface area contributed by atoms with Gasteiger partial charge in [-0.3, -0.25) is 9.59 Å². The third-order valence-corrected chi connectivity index (χ3v) is 6.47. The summed E-state index contributed by atoms with van der Waals surface area (Å²) in [7, 11) is 0. The van der Waals surface area contributed by atoms with Crippen molar-refractivity contribution in [2.75, 3.05) is 6.54 Å². The SMILES string of the molecule is O=Cc1ccc(CC(=O)N2CCc3c(n(Cc4cccc(F)c4)c4ncccc34)C2)cc1Cl. The topological polar surface area (TPSA) is 55.2 Å². The van der Waals surface area contributed by atoms with E-state index >= 15 is 0 Å². The zero-order chi connectivity index (χ0) is 22.9. The number of amides is 1. The second-order valence-corrected chi connectivity index (χ2v) is 8.64. The predicted octanol–water partition coefficient (Wildman–Crippen LogP) is 4.82. The molecule has 0 unspecified atom stereocenters. The number of aromatic nitrogens is 2. The van der Waals surface area contributed by atoms with Gasteiger partial charge in [0.2, 0.25) is 5.91 Å². The number of hydrogen-bond acceptors (Lipinski definition) is 3. The van der Waals surface area contributed by atoms with Gasteiger partial charge in [0.1, 0.15) is 11.5 Å². The average molecular weight is 462 g/mol. The molecule has 0 N–H and O–H groups in total. The summed E-state index contributed by atoms with van der Waals surface area (Å²) in [6, 6.07) is 15.6. The second kappa shape index (κ2) is 8.79. The molecule has 0 saturated carbocycles. The minimum atomic E-state index is -0.276. The lowest BCUT2D eigenvalue weighted by Crippen LogP contribution is -2.37. The Bertz CT molecular complexity index is 1380. The van der Waals surface area contributed by atoms with Crippen molar-refractivity contribution in [2.24, 2.45) is 0 Å². The Balaban J connectivity index is 1.44. The molecule has 5 nitrogen and oxygen atoms in total. The van der Waals surface area contributed by atoms with E-state index in [1.165, 1.54) is 17.7 Å². The standard InChI is InChI=1S/C26H21ClFN3O2/c27-23-12-17(6-7-19(23)16-32)13-25(33)30-10-8-21-22-5-2-9-29-26(22)31(24(21)15-30)14-18-3-1-4-20(28)11-18/h1-7,9,11-12,16H,8,10,13-15H2. The number of carbonyl (C=O) groups is 2. The summed E-state index contributed by atoms with van der Waals surface area (Å²) in [5, 5.41) is 1.42. The first-order chi connectivity index (χ1) is 16.0. The lowest BCUT2D eigenvalue weighted by atomic mass is 10.0. The van der Waals surface area contributed by atoms with E-state index in [1.807, 2.05) is 17.0 Å². The Kier molecular flexibility index (Phi) is 5.68. The molecule has 2 aromatic carbocycles. The van der Waals surface area contributed by atoms with Crippen molar-refractivity contribution in [3.8, 4) is 0 Å². The highest BCUT2D eigenvalue weighted by molar-refractivity contribution is 6.33. The third kappa shape index (κ3) is 4.14. The summed E-state index contributed by atoms with van der Waals surface area (Å²) in [5.74, 6) is -0.284. The van der Waals surface area contributed by atoms with Crippen molar-refractivity contribution in [3.05, 3.63) is 99.6 Å². The zero-order valence-corrected chi connectivity index (χ0v) is 18.6. The second-order valence-electron chi connectivity index (χ2n) is 8.23. The summed E-state index contributed by atoms with van der Waals surface area (Å²) in [4.78, 5) is 30.5. The van der Waals surface area contributed by atoms with Crippen LogP contribution in [0, 0.1) is 5.82 Å². The fourth-order valence-electron chi connectivity index (χ4n) is 4.52. The molecule has 166 valence electrons. The quantitative estimate of drug-likeness (QED) is 0.400. The van der Waals surface area contributed by atoms with Crippen LogP contribution in [0.1, 0.15) is 32.7 Å². The van der Waals surface area contributed by atoms with E-state index in [1.54, 1.807) is 30.5 Å². The molecule has 0 radical (unpaired) electrons. The molecule has 5 rings (SSSR count). The maximum Gasteiger partial charge on any atom is 0.227 e. The van der Waals surface area contributed by atoms with Crippen molar-refractivity contribution >= 4 is 34.8 Å². The van der Waals surface area contributed by atoms with Gasteiger partial charge >= 0.3 is 0 Å². The number of carbonyl (C=O) groups excluding carboxylic acids is 2. The van der Waals surface area contributed by atoms with E-state index in [0.29, 0.717) is 36.5 Å². The lowest BCUT2D eigenvalue weighted by Gasteiger charge is -2.29. The van der Waals surface area contributed by atoms with Gasteiger partial charge in [0.25, 0.3) is 0 Å². The average Bonchev–Trinajstić information content (AvgIpc) is 3.12. The number of halogens is 2. The fraction of sp³-hybridized carbons (Fsp3) is 0.192. The Morgan fingerprint density at radius 2 is 2.00 bits per heavy atom. The van der Waals surface area contributed by atoms with Gasteiger partial charge < -0.3 is 9.47 Å². The lowest BCUT2D eigenvalue weighted by molar-refractivity contribution is -0.131. The molecule has 1 amide bonds. The van der Waals surface area contributed by atoms with E-state index < -0.39 is 0 Å². The highest BCUT2D eigenvalue weighted by Gasteiger charge is 2.27. The third-order valence-electron chi connectivity index (χ3n) is 6.14. The first-order valence-corrected chi connectivity index (χ1v) is 11.1.